The number of carbonyl (C=O) groups excluding carboxylic acids is 1. The van der Waals surface area contributed by atoms with Crippen molar-refractivity contribution < 1.29 is 4.79 Å². The summed E-state index contributed by atoms with van der Waals surface area (Å²) in [4.78, 5) is 17.3. The second-order valence-electron chi connectivity index (χ2n) is 6.90. The normalized spacial score (nSPS) is 29.4. The van der Waals surface area contributed by atoms with Crippen LogP contribution < -0.4 is 0 Å². The van der Waals surface area contributed by atoms with Gasteiger partial charge in [0.05, 0.1) is 11.6 Å². The summed E-state index contributed by atoms with van der Waals surface area (Å²) >= 11 is 0. The van der Waals surface area contributed by atoms with Crippen LogP contribution in [0.5, 0.6) is 0 Å². The molecule has 1 atom stereocenters. The number of hydrogen-bond acceptors (Lipinski definition) is 2. The molecule has 0 N–H and O–H groups in total. The van der Waals surface area contributed by atoms with E-state index >= 15 is 0 Å². The van der Waals surface area contributed by atoms with E-state index in [9.17, 15) is 4.79 Å². The predicted octanol–water partition coefficient (Wildman–Crippen LogP) is 4.14. The molecule has 0 spiro atoms. The van der Waals surface area contributed by atoms with Gasteiger partial charge in [-0.1, -0.05) is 19.9 Å². The van der Waals surface area contributed by atoms with Crippen LogP contribution >= 0.6 is 0 Å². The summed E-state index contributed by atoms with van der Waals surface area (Å²) in [5.41, 5.74) is 2.37. The van der Waals surface area contributed by atoms with Crippen LogP contribution in [0.3, 0.4) is 0 Å². The van der Waals surface area contributed by atoms with E-state index in [4.69, 9.17) is 0 Å². The minimum atomic E-state index is 0.0896. The maximum Gasteiger partial charge on any atom is 0.145 e. The van der Waals surface area contributed by atoms with Gasteiger partial charge in [-0.05, 0) is 62.0 Å². The largest absolute Gasteiger partial charge is 0.299 e. The molecule has 1 aromatic heterocycles. The maximum absolute atomic E-state index is 12.8. The van der Waals surface area contributed by atoms with Gasteiger partial charge >= 0.3 is 0 Å². The predicted molar refractivity (Wildman–Crippen MR) is 80.6 cm³/mol. The minimum absolute atomic E-state index is 0.0896. The first-order chi connectivity index (χ1) is 9.66. The van der Waals surface area contributed by atoms with Gasteiger partial charge in [0.15, 0.2) is 0 Å². The molecule has 0 saturated heterocycles. The van der Waals surface area contributed by atoms with E-state index in [0.717, 1.165) is 43.2 Å². The Morgan fingerprint density at radius 3 is 2.65 bits per heavy atom. The van der Waals surface area contributed by atoms with Crippen molar-refractivity contribution in [3.8, 4) is 0 Å². The van der Waals surface area contributed by atoms with Crippen LogP contribution in [0.1, 0.15) is 63.1 Å². The monoisotopic (exact) mass is 271 g/mol. The first kappa shape index (κ1) is 13.8. The lowest BCUT2D eigenvalue weighted by Gasteiger charge is -2.31. The van der Waals surface area contributed by atoms with Crippen molar-refractivity contribution in [2.24, 2.45) is 17.8 Å². The number of pyridine rings is 1. The van der Waals surface area contributed by atoms with Crippen molar-refractivity contribution in [3.63, 3.8) is 0 Å². The molecule has 1 unspecified atom stereocenters. The van der Waals surface area contributed by atoms with Gasteiger partial charge in [-0.25, -0.2) is 0 Å². The van der Waals surface area contributed by atoms with Crippen molar-refractivity contribution in [2.45, 2.75) is 58.3 Å². The highest BCUT2D eigenvalue weighted by Crippen LogP contribution is 2.39. The Morgan fingerprint density at radius 2 is 1.95 bits per heavy atom. The first-order valence-electron chi connectivity index (χ1n) is 8.14. The zero-order valence-corrected chi connectivity index (χ0v) is 12.6. The molecule has 0 aromatic carbocycles. The topological polar surface area (TPSA) is 30.0 Å². The zero-order valence-electron chi connectivity index (χ0n) is 12.6. The molecule has 20 heavy (non-hydrogen) atoms. The van der Waals surface area contributed by atoms with Crippen molar-refractivity contribution in [2.75, 3.05) is 0 Å². The Bertz CT molecular complexity index is 486. The number of fused-ring (bicyclic) bond motifs is 1. The van der Waals surface area contributed by atoms with Gasteiger partial charge in [0, 0.05) is 12.1 Å². The average Bonchev–Trinajstić information content (AvgIpc) is 2.90. The molecule has 1 aromatic rings. The summed E-state index contributed by atoms with van der Waals surface area (Å²) < 4.78 is 0. The Morgan fingerprint density at radius 1 is 1.20 bits per heavy atom. The van der Waals surface area contributed by atoms with Crippen LogP contribution in [0.2, 0.25) is 0 Å². The van der Waals surface area contributed by atoms with Crippen molar-refractivity contribution in [1.82, 2.24) is 4.98 Å². The van der Waals surface area contributed by atoms with E-state index < -0.39 is 0 Å². The maximum atomic E-state index is 12.8. The lowest BCUT2D eigenvalue weighted by atomic mass is 9.73. The molecule has 2 aliphatic carbocycles. The van der Waals surface area contributed by atoms with Crippen LogP contribution in [0.4, 0.5) is 0 Å². The van der Waals surface area contributed by atoms with Gasteiger partial charge in [-0.15, -0.1) is 0 Å². The first-order valence-corrected chi connectivity index (χ1v) is 8.14. The molecule has 0 bridgehead atoms. The van der Waals surface area contributed by atoms with E-state index in [-0.39, 0.29) is 5.92 Å². The number of carbonyl (C=O) groups is 1. The van der Waals surface area contributed by atoms with Crippen molar-refractivity contribution >= 4 is 5.78 Å². The summed E-state index contributed by atoms with van der Waals surface area (Å²) in [5, 5.41) is 0. The highest BCUT2D eigenvalue weighted by Gasteiger charge is 2.36. The molecule has 1 saturated carbocycles. The van der Waals surface area contributed by atoms with Gasteiger partial charge in [-0.2, -0.15) is 0 Å². The SMILES string of the molecule is CC(C)C1CCC(C(=O)C2CCc3cccnc32)CC1. The molecule has 2 aliphatic rings. The molecule has 108 valence electrons. The Balaban J connectivity index is 1.67. The fraction of sp³-hybridized carbons (Fsp3) is 0.667. The second-order valence-corrected chi connectivity index (χ2v) is 6.90. The van der Waals surface area contributed by atoms with E-state index in [2.05, 4.69) is 24.9 Å². The number of nitrogens with zero attached hydrogens (tertiary/aromatic N) is 1. The fourth-order valence-corrected chi connectivity index (χ4v) is 4.04. The van der Waals surface area contributed by atoms with Gasteiger partial charge in [0.1, 0.15) is 5.78 Å². The number of ketones is 1. The molecule has 2 nitrogen and oxygen atoms in total. The van der Waals surface area contributed by atoms with Crippen molar-refractivity contribution in [1.29, 1.82) is 0 Å². The van der Waals surface area contributed by atoms with Crippen LogP contribution in [0, 0.1) is 17.8 Å². The fourth-order valence-electron chi connectivity index (χ4n) is 4.04. The summed E-state index contributed by atoms with van der Waals surface area (Å²) in [6.45, 7) is 4.62. The van der Waals surface area contributed by atoms with Crippen LogP contribution in [0.25, 0.3) is 0 Å². The third-order valence-electron chi connectivity index (χ3n) is 5.42. The number of Topliss-reactive ketones (excluding diaryl/α,β-unsaturated/α-hetero) is 1. The summed E-state index contributed by atoms with van der Waals surface area (Å²) in [5.74, 6) is 2.45. The molecule has 3 rings (SSSR count). The molecule has 0 radical (unpaired) electrons. The molecule has 0 amide bonds. The molecular formula is C18H25NO. The van der Waals surface area contributed by atoms with Gasteiger partial charge in [0.2, 0.25) is 0 Å². The quantitative estimate of drug-likeness (QED) is 0.827. The summed E-state index contributed by atoms with van der Waals surface area (Å²) in [7, 11) is 0. The second kappa shape index (κ2) is 5.67. The van der Waals surface area contributed by atoms with E-state index in [1.54, 1.807) is 0 Å². The van der Waals surface area contributed by atoms with Gasteiger partial charge in [-0.3, -0.25) is 9.78 Å². The zero-order chi connectivity index (χ0) is 14.1. The highest BCUT2D eigenvalue weighted by atomic mass is 16.1. The smallest absolute Gasteiger partial charge is 0.145 e. The van der Waals surface area contributed by atoms with E-state index in [0.29, 0.717) is 11.7 Å². The summed E-state index contributed by atoms with van der Waals surface area (Å²) in [6, 6.07) is 4.12. The lowest BCUT2D eigenvalue weighted by molar-refractivity contribution is -0.125. The Kier molecular flexibility index (Phi) is 3.91. The van der Waals surface area contributed by atoms with Crippen LogP contribution in [-0.2, 0) is 11.2 Å². The number of rotatable bonds is 3. The molecular weight excluding hydrogens is 246 g/mol. The number of aryl methyl sites for hydroxylation is 1. The third kappa shape index (κ3) is 2.53. The van der Waals surface area contributed by atoms with Crippen LogP contribution in [-0.4, -0.2) is 10.8 Å². The van der Waals surface area contributed by atoms with Gasteiger partial charge in [0.25, 0.3) is 0 Å². The molecule has 0 aliphatic heterocycles. The van der Waals surface area contributed by atoms with Gasteiger partial charge < -0.3 is 0 Å². The Labute approximate surface area is 122 Å². The van der Waals surface area contributed by atoms with E-state index in [1.165, 1.54) is 18.4 Å². The Hall–Kier alpha value is -1.18. The number of aromatic nitrogens is 1. The lowest BCUT2D eigenvalue weighted by Crippen LogP contribution is -2.27. The van der Waals surface area contributed by atoms with Crippen molar-refractivity contribution in [3.05, 3.63) is 29.6 Å². The number of hydrogen-bond donors (Lipinski definition) is 0. The molecule has 1 heterocycles. The standard InChI is InChI=1S/C18H25NO/c1-12(2)13-5-7-15(8-6-13)18(20)16-10-9-14-4-3-11-19-17(14)16/h3-4,11-13,15-16H,5-10H2,1-2H3. The highest BCUT2D eigenvalue weighted by molar-refractivity contribution is 5.88. The third-order valence-corrected chi connectivity index (χ3v) is 5.42. The van der Waals surface area contributed by atoms with Crippen LogP contribution in [0.15, 0.2) is 18.3 Å². The molecule has 2 heteroatoms. The summed E-state index contributed by atoms with van der Waals surface area (Å²) in [6.07, 6.45) is 8.50. The average molecular weight is 271 g/mol. The van der Waals surface area contributed by atoms with E-state index in [1.807, 2.05) is 12.3 Å². The minimum Gasteiger partial charge on any atom is -0.299 e. The molecule has 1 fully saturated rings.